The molecule has 2 N–H and O–H groups in total. The summed E-state index contributed by atoms with van der Waals surface area (Å²) in [5.74, 6) is 1.32. The van der Waals surface area contributed by atoms with Crippen molar-refractivity contribution in [1.29, 1.82) is 0 Å². The maximum Gasteiger partial charge on any atom is 0.179 e. The van der Waals surface area contributed by atoms with Crippen molar-refractivity contribution < 1.29 is 9.47 Å². The summed E-state index contributed by atoms with van der Waals surface area (Å²) in [6.45, 7) is 5.85. The van der Waals surface area contributed by atoms with Gasteiger partial charge in [0.05, 0.1) is 18.2 Å². The molecule has 0 amide bonds. The Bertz CT molecular complexity index is 404. The monoisotopic (exact) mass is 241 g/mol. The lowest BCUT2D eigenvalue weighted by Crippen LogP contribution is -2.26. The van der Waals surface area contributed by atoms with E-state index in [1.54, 1.807) is 0 Å². The van der Waals surface area contributed by atoms with E-state index in [0.29, 0.717) is 36.3 Å². The molecular formula is C12H16ClNO2. The van der Waals surface area contributed by atoms with Gasteiger partial charge in [-0.2, -0.15) is 0 Å². The number of ether oxygens (including phenoxy) is 2. The zero-order chi connectivity index (χ0) is 11.8. The molecule has 0 radical (unpaired) electrons. The van der Waals surface area contributed by atoms with E-state index < -0.39 is 0 Å². The lowest BCUT2D eigenvalue weighted by atomic mass is 9.97. The van der Waals surface area contributed by atoms with E-state index >= 15 is 0 Å². The van der Waals surface area contributed by atoms with Gasteiger partial charge in [-0.25, -0.2) is 0 Å². The molecular weight excluding hydrogens is 226 g/mol. The lowest BCUT2D eigenvalue weighted by molar-refractivity contribution is 0.140. The van der Waals surface area contributed by atoms with Crippen molar-refractivity contribution in [3.05, 3.63) is 22.7 Å². The third-order valence-corrected chi connectivity index (χ3v) is 2.81. The number of hydrogen-bond donors (Lipinski definition) is 1. The van der Waals surface area contributed by atoms with Crippen LogP contribution in [0.3, 0.4) is 0 Å². The van der Waals surface area contributed by atoms with Gasteiger partial charge in [-0.3, -0.25) is 0 Å². The van der Waals surface area contributed by atoms with Crippen molar-refractivity contribution in [1.82, 2.24) is 0 Å². The Morgan fingerprint density at radius 1 is 1.31 bits per heavy atom. The second kappa shape index (κ2) is 4.15. The normalized spacial score (nSPS) is 18.0. The number of halogens is 1. The summed E-state index contributed by atoms with van der Waals surface area (Å²) in [7, 11) is 0. The highest BCUT2D eigenvalue weighted by Crippen LogP contribution is 2.40. The van der Waals surface area contributed by atoms with Gasteiger partial charge in [0.15, 0.2) is 11.5 Å². The zero-order valence-corrected chi connectivity index (χ0v) is 10.3. The van der Waals surface area contributed by atoms with Crippen LogP contribution in [-0.2, 0) is 6.54 Å². The second-order valence-electron chi connectivity index (χ2n) is 4.85. The first-order valence-electron chi connectivity index (χ1n) is 5.30. The molecule has 4 heteroatoms. The van der Waals surface area contributed by atoms with Crippen LogP contribution in [0.1, 0.15) is 19.4 Å². The molecule has 1 aromatic carbocycles. The smallest absolute Gasteiger partial charge is 0.179 e. The molecule has 1 aromatic rings. The fourth-order valence-electron chi connectivity index (χ4n) is 1.57. The van der Waals surface area contributed by atoms with Gasteiger partial charge in [0, 0.05) is 12.0 Å². The maximum absolute atomic E-state index is 6.13. The van der Waals surface area contributed by atoms with E-state index in [4.69, 9.17) is 26.8 Å². The van der Waals surface area contributed by atoms with Crippen LogP contribution in [0.25, 0.3) is 0 Å². The number of rotatable bonds is 1. The van der Waals surface area contributed by atoms with Gasteiger partial charge in [-0.15, -0.1) is 0 Å². The van der Waals surface area contributed by atoms with E-state index in [1.807, 2.05) is 12.1 Å². The van der Waals surface area contributed by atoms with Gasteiger partial charge < -0.3 is 15.2 Å². The highest BCUT2D eigenvalue weighted by Gasteiger charge is 2.26. The molecule has 0 aromatic heterocycles. The molecule has 0 saturated heterocycles. The number of fused-ring (bicyclic) bond motifs is 1. The van der Waals surface area contributed by atoms with E-state index in [9.17, 15) is 0 Å². The Morgan fingerprint density at radius 2 is 2.00 bits per heavy atom. The maximum atomic E-state index is 6.13. The number of nitrogens with two attached hydrogens (primary N) is 1. The predicted octanol–water partition coefficient (Wildman–Crippen LogP) is 2.60. The SMILES string of the molecule is CC1(C)COc2cc(CN)cc(Cl)c2OC1. The minimum atomic E-state index is -0.00870. The van der Waals surface area contributed by atoms with E-state index in [0.717, 1.165) is 5.56 Å². The van der Waals surface area contributed by atoms with Gasteiger partial charge in [0.25, 0.3) is 0 Å². The quantitative estimate of drug-likeness (QED) is 0.822. The Kier molecular flexibility index (Phi) is 3.00. The molecule has 0 spiro atoms. The highest BCUT2D eigenvalue weighted by atomic mass is 35.5. The highest BCUT2D eigenvalue weighted by molar-refractivity contribution is 6.32. The third kappa shape index (κ3) is 2.25. The fourth-order valence-corrected chi connectivity index (χ4v) is 1.86. The molecule has 0 atom stereocenters. The van der Waals surface area contributed by atoms with Crippen LogP contribution in [0.15, 0.2) is 12.1 Å². The summed E-state index contributed by atoms with van der Waals surface area (Å²) in [5, 5.41) is 0.565. The van der Waals surface area contributed by atoms with Crippen molar-refractivity contribution in [2.24, 2.45) is 11.1 Å². The summed E-state index contributed by atoms with van der Waals surface area (Å²) in [5.41, 5.74) is 6.53. The standard InChI is InChI=1S/C12H16ClNO2/c1-12(2)6-15-10-4-8(5-14)3-9(13)11(10)16-7-12/h3-4H,5-7,14H2,1-2H3. The van der Waals surface area contributed by atoms with Crippen molar-refractivity contribution in [2.75, 3.05) is 13.2 Å². The second-order valence-corrected chi connectivity index (χ2v) is 5.26. The number of hydrogen-bond acceptors (Lipinski definition) is 3. The summed E-state index contributed by atoms with van der Waals surface area (Å²) < 4.78 is 11.4. The molecule has 2 rings (SSSR count). The molecule has 16 heavy (non-hydrogen) atoms. The molecule has 88 valence electrons. The number of benzene rings is 1. The van der Waals surface area contributed by atoms with Crippen LogP contribution in [0.4, 0.5) is 0 Å². The molecule has 0 saturated carbocycles. The molecule has 1 aliphatic rings. The van der Waals surface area contributed by atoms with Gasteiger partial charge in [-0.05, 0) is 17.7 Å². The van der Waals surface area contributed by atoms with Crippen LogP contribution < -0.4 is 15.2 Å². The summed E-state index contributed by atoms with van der Waals surface area (Å²) in [6, 6.07) is 3.71. The Morgan fingerprint density at radius 3 is 2.69 bits per heavy atom. The summed E-state index contributed by atoms with van der Waals surface area (Å²) in [4.78, 5) is 0. The molecule has 0 fully saturated rings. The van der Waals surface area contributed by atoms with E-state index in [-0.39, 0.29) is 5.41 Å². The molecule has 1 aliphatic heterocycles. The Hall–Kier alpha value is -0.930. The molecule has 3 nitrogen and oxygen atoms in total. The zero-order valence-electron chi connectivity index (χ0n) is 9.55. The van der Waals surface area contributed by atoms with Gasteiger partial charge in [0.2, 0.25) is 0 Å². The average molecular weight is 242 g/mol. The molecule has 1 heterocycles. The largest absolute Gasteiger partial charge is 0.489 e. The van der Waals surface area contributed by atoms with Crippen molar-refractivity contribution in [3.63, 3.8) is 0 Å². The Labute approximate surface area is 100 Å². The van der Waals surface area contributed by atoms with Gasteiger partial charge in [-0.1, -0.05) is 25.4 Å². The summed E-state index contributed by atoms with van der Waals surface area (Å²) in [6.07, 6.45) is 0. The van der Waals surface area contributed by atoms with E-state index in [2.05, 4.69) is 13.8 Å². The van der Waals surface area contributed by atoms with Crippen LogP contribution in [0, 0.1) is 5.41 Å². The van der Waals surface area contributed by atoms with Gasteiger partial charge >= 0.3 is 0 Å². The van der Waals surface area contributed by atoms with Crippen LogP contribution in [0.5, 0.6) is 11.5 Å². The summed E-state index contributed by atoms with van der Waals surface area (Å²) >= 11 is 6.13. The Balaban J connectivity index is 2.38. The van der Waals surface area contributed by atoms with Crippen LogP contribution in [0.2, 0.25) is 5.02 Å². The molecule has 0 aliphatic carbocycles. The van der Waals surface area contributed by atoms with Crippen molar-refractivity contribution in [3.8, 4) is 11.5 Å². The van der Waals surface area contributed by atoms with E-state index in [1.165, 1.54) is 0 Å². The molecule has 0 bridgehead atoms. The predicted molar refractivity (Wildman–Crippen MR) is 64.1 cm³/mol. The fraction of sp³-hybridized carbons (Fsp3) is 0.500. The van der Waals surface area contributed by atoms with Crippen LogP contribution in [-0.4, -0.2) is 13.2 Å². The first-order valence-corrected chi connectivity index (χ1v) is 5.68. The third-order valence-electron chi connectivity index (χ3n) is 2.53. The van der Waals surface area contributed by atoms with Crippen LogP contribution >= 0.6 is 11.6 Å². The minimum Gasteiger partial charge on any atom is -0.489 e. The molecule has 0 unspecified atom stereocenters. The first kappa shape index (κ1) is 11.6. The van der Waals surface area contributed by atoms with Crippen molar-refractivity contribution in [2.45, 2.75) is 20.4 Å². The lowest BCUT2D eigenvalue weighted by Gasteiger charge is -2.19. The first-order chi connectivity index (χ1) is 7.52. The minimum absolute atomic E-state index is 0.00870. The van der Waals surface area contributed by atoms with Crippen molar-refractivity contribution >= 4 is 11.6 Å². The average Bonchev–Trinajstić information content (AvgIpc) is 2.38. The van der Waals surface area contributed by atoms with Gasteiger partial charge in [0.1, 0.15) is 0 Å². The topological polar surface area (TPSA) is 44.5 Å².